The van der Waals surface area contributed by atoms with Gasteiger partial charge in [-0.3, -0.25) is 9.59 Å². The number of ketones is 1. The maximum absolute atomic E-state index is 11.5. The van der Waals surface area contributed by atoms with Gasteiger partial charge in [0.25, 0.3) is 5.56 Å². The lowest BCUT2D eigenvalue weighted by Gasteiger charge is -2.31. The SMILES string of the molecule is CC1(C)COC/C(=C\O)C1=O.CC1(C)COCc2cc(C#N)c(=O)[nH]c21. The van der Waals surface area contributed by atoms with Crippen LogP contribution < -0.4 is 5.56 Å². The molecule has 26 heavy (non-hydrogen) atoms. The van der Waals surface area contributed by atoms with Crippen LogP contribution in [0.3, 0.4) is 0 Å². The summed E-state index contributed by atoms with van der Waals surface area (Å²) < 4.78 is 10.5. The van der Waals surface area contributed by atoms with Gasteiger partial charge in [-0.25, -0.2) is 0 Å². The molecule has 3 heterocycles. The maximum Gasteiger partial charge on any atom is 0.266 e. The predicted octanol–water partition coefficient (Wildman–Crippen LogP) is 2.11. The molecule has 1 fully saturated rings. The molecule has 0 unspecified atom stereocenters. The van der Waals surface area contributed by atoms with Crippen LogP contribution in [-0.4, -0.2) is 35.7 Å². The second-order valence-electron chi connectivity index (χ2n) is 7.76. The topological polar surface area (TPSA) is 112 Å². The van der Waals surface area contributed by atoms with Gasteiger partial charge in [0.2, 0.25) is 0 Å². The third kappa shape index (κ3) is 4.03. The third-order valence-electron chi connectivity index (χ3n) is 4.42. The second kappa shape index (κ2) is 7.44. The van der Waals surface area contributed by atoms with E-state index in [9.17, 15) is 9.59 Å². The third-order valence-corrected chi connectivity index (χ3v) is 4.42. The molecule has 0 amide bonds. The van der Waals surface area contributed by atoms with Crippen LogP contribution in [0.5, 0.6) is 0 Å². The number of carbonyl (C=O) groups is 1. The highest BCUT2D eigenvalue weighted by Gasteiger charge is 2.34. The van der Waals surface area contributed by atoms with Crippen LogP contribution >= 0.6 is 0 Å². The van der Waals surface area contributed by atoms with Gasteiger partial charge in [-0.15, -0.1) is 0 Å². The molecule has 3 rings (SSSR count). The van der Waals surface area contributed by atoms with E-state index >= 15 is 0 Å². The Kier molecular flexibility index (Phi) is 5.69. The van der Waals surface area contributed by atoms with Gasteiger partial charge in [0, 0.05) is 11.1 Å². The summed E-state index contributed by atoms with van der Waals surface area (Å²) >= 11 is 0. The first-order valence-electron chi connectivity index (χ1n) is 8.32. The van der Waals surface area contributed by atoms with Gasteiger partial charge in [0.1, 0.15) is 11.6 Å². The highest BCUT2D eigenvalue weighted by molar-refractivity contribution is 6.00. The Morgan fingerprint density at radius 2 is 1.77 bits per heavy atom. The highest BCUT2D eigenvalue weighted by atomic mass is 16.5. The zero-order valence-electron chi connectivity index (χ0n) is 15.5. The summed E-state index contributed by atoms with van der Waals surface area (Å²) in [4.78, 5) is 25.6. The fourth-order valence-electron chi connectivity index (χ4n) is 2.94. The van der Waals surface area contributed by atoms with Crippen molar-refractivity contribution in [1.29, 1.82) is 5.26 Å². The molecule has 2 aliphatic rings. The Morgan fingerprint density at radius 1 is 1.15 bits per heavy atom. The van der Waals surface area contributed by atoms with Gasteiger partial charge >= 0.3 is 0 Å². The molecule has 7 nitrogen and oxygen atoms in total. The molecule has 1 saturated heterocycles. The molecule has 0 aromatic carbocycles. The number of rotatable bonds is 0. The summed E-state index contributed by atoms with van der Waals surface area (Å²) in [5.41, 5.74) is 1.32. The number of H-pyrrole nitrogens is 1. The van der Waals surface area contributed by atoms with Crippen LogP contribution in [0, 0.1) is 16.7 Å². The zero-order chi connectivity index (χ0) is 19.5. The highest BCUT2D eigenvalue weighted by Crippen LogP contribution is 2.29. The van der Waals surface area contributed by atoms with Crippen molar-refractivity contribution in [3.63, 3.8) is 0 Å². The number of nitriles is 1. The van der Waals surface area contributed by atoms with Crippen LogP contribution in [-0.2, 0) is 26.3 Å². The first kappa shape index (κ1) is 19.9. The average molecular weight is 360 g/mol. The number of hydrogen-bond donors (Lipinski definition) is 2. The minimum atomic E-state index is -0.479. The van der Waals surface area contributed by atoms with Gasteiger partial charge in [-0.1, -0.05) is 27.7 Å². The molecule has 0 aliphatic carbocycles. The summed E-state index contributed by atoms with van der Waals surface area (Å²) in [5.74, 6) is -0.0220. The lowest BCUT2D eigenvalue weighted by atomic mass is 9.84. The van der Waals surface area contributed by atoms with Crippen molar-refractivity contribution in [1.82, 2.24) is 4.98 Å². The van der Waals surface area contributed by atoms with E-state index in [1.165, 1.54) is 0 Å². The van der Waals surface area contributed by atoms with Gasteiger partial charge in [-0.05, 0) is 11.6 Å². The van der Waals surface area contributed by atoms with E-state index < -0.39 is 5.41 Å². The number of aromatic nitrogens is 1. The zero-order valence-corrected chi connectivity index (χ0v) is 15.5. The molecule has 0 radical (unpaired) electrons. The summed E-state index contributed by atoms with van der Waals surface area (Å²) in [6.45, 7) is 9.34. The van der Waals surface area contributed by atoms with E-state index in [1.807, 2.05) is 19.9 Å². The molecule has 1 aromatic rings. The first-order valence-corrected chi connectivity index (χ1v) is 8.32. The number of aliphatic hydroxyl groups is 1. The van der Waals surface area contributed by atoms with Crippen LogP contribution in [0.15, 0.2) is 22.7 Å². The summed E-state index contributed by atoms with van der Waals surface area (Å²) in [6, 6.07) is 3.49. The molecule has 0 spiro atoms. The van der Waals surface area contributed by atoms with E-state index in [-0.39, 0.29) is 28.9 Å². The number of carbonyl (C=O) groups excluding carboxylic acids is 1. The van der Waals surface area contributed by atoms with Gasteiger partial charge in [0.05, 0.1) is 43.7 Å². The summed E-state index contributed by atoms with van der Waals surface area (Å²) in [7, 11) is 0. The maximum atomic E-state index is 11.5. The number of ether oxygens (including phenoxy) is 2. The fraction of sp³-hybridized carbons (Fsp3) is 0.526. The van der Waals surface area contributed by atoms with Crippen LogP contribution in [0.4, 0.5) is 0 Å². The lowest BCUT2D eigenvalue weighted by molar-refractivity contribution is -0.130. The van der Waals surface area contributed by atoms with Crippen LogP contribution in [0.2, 0.25) is 0 Å². The molecule has 0 saturated carbocycles. The van der Waals surface area contributed by atoms with Crippen molar-refractivity contribution >= 4 is 5.78 Å². The van der Waals surface area contributed by atoms with Crippen molar-refractivity contribution in [2.75, 3.05) is 19.8 Å². The number of nitrogens with one attached hydrogen (secondary N) is 1. The molecular weight excluding hydrogens is 336 g/mol. The van der Waals surface area contributed by atoms with E-state index in [2.05, 4.69) is 4.98 Å². The van der Waals surface area contributed by atoms with E-state index in [1.54, 1.807) is 19.9 Å². The van der Waals surface area contributed by atoms with Crippen molar-refractivity contribution < 1.29 is 19.4 Å². The van der Waals surface area contributed by atoms with Crippen LogP contribution in [0.25, 0.3) is 0 Å². The van der Waals surface area contributed by atoms with Crippen molar-refractivity contribution in [3.05, 3.63) is 45.1 Å². The number of pyridine rings is 1. The number of aromatic amines is 1. The molecule has 0 bridgehead atoms. The number of Topliss-reactive ketones (excluding diaryl/α,β-unsaturated/α-hetero) is 1. The molecule has 7 heteroatoms. The molecule has 1 aromatic heterocycles. The quantitative estimate of drug-likeness (QED) is 0.541. The Hall–Kier alpha value is -2.43. The number of hydrogen-bond acceptors (Lipinski definition) is 6. The van der Waals surface area contributed by atoms with E-state index in [4.69, 9.17) is 19.8 Å². The van der Waals surface area contributed by atoms with Gasteiger partial charge < -0.3 is 19.6 Å². The molecule has 140 valence electrons. The van der Waals surface area contributed by atoms with E-state index in [0.29, 0.717) is 25.4 Å². The number of fused-ring (bicyclic) bond motifs is 1. The number of aliphatic hydroxyl groups excluding tert-OH is 1. The van der Waals surface area contributed by atoms with Gasteiger partial charge in [0.15, 0.2) is 5.78 Å². The Morgan fingerprint density at radius 3 is 2.35 bits per heavy atom. The lowest BCUT2D eigenvalue weighted by Crippen LogP contribution is -2.37. The Bertz CT molecular complexity index is 827. The monoisotopic (exact) mass is 360 g/mol. The van der Waals surface area contributed by atoms with Crippen LogP contribution in [0.1, 0.15) is 44.5 Å². The average Bonchev–Trinajstić information content (AvgIpc) is 2.58. The van der Waals surface area contributed by atoms with Crippen molar-refractivity contribution in [3.8, 4) is 6.07 Å². The standard InChI is InChI=1S/C11H12N2O2.C8H12O3/c1-11(2)6-15-5-8-3-7(4-12)10(14)13-9(8)11;1-8(2)5-11-4-6(3-9)7(8)10/h3H,5-6H2,1-2H3,(H,13,14);3,9H,4-5H2,1-2H3/b;6-3+. The van der Waals surface area contributed by atoms with E-state index in [0.717, 1.165) is 17.5 Å². The minimum absolute atomic E-state index is 0.0220. The largest absolute Gasteiger partial charge is 0.515 e. The van der Waals surface area contributed by atoms with Gasteiger partial charge in [-0.2, -0.15) is 5.26 Å². The predicted molar refractivity (Wildman–Crippen MR) is 94.8 cm³/mol. The second-order valence-corrected chi connectivity index (χ2v) is 7.76. The smallest absolute Gasteiger partial charge is 0.266 e. The minimum Gasteiger partial charge on any atom is -0.515 e. The summed E-state index contributed by atoms with van der Waals surface area (Å²) in [5, 5.41) is 17.4. The summed E-state index contributed by atoms with van der Waals surface area (Å²) in [6.07, 6.45) is 0.837. The fourth-order valence-corrected chi connectivity index (χ4v) is 2.94. The Labute approximate surface area is 152 Å². The first-order chi connectivity index (χ1) is 12.1. The normalized spacial score (nSPS) is 22.0. The molecule has 0 atom stereocenters. The van der Waals surface area contributed by atoms with Crippen molar-refractivity contribution in [2.45, 2.75) is 39.7 Å². The number of nitrogens with zero attached hydrogens (tertiary/aromatic N) is 1. The molecular formula is C19H24N2O5. The Balaban J connectivity index is 0.000000197. The molecule has 2 N–H and O–H groups in total. The van der Waals surface area contributed by atoms with Crippen molar-refractivity contribution in [2.24, 2.45) is 5.41 Å². The molecule has 2 aliphatic heterocycles.